The van der Waals surface area contributed by atoms with Gasteiger partial charge >= 0.3 is 0 Å². The van der Waals surface area contributed by atoms with E-state index in [-0.39, 0.29) is 18.0 Å². The van der Waals surface area contributed by atoms with Gasteiger partial charge in [-0.15, -0.1) is 0 Å². The zero-order valence-electron chi connectivity index (χ0n) is 21.7. The van der Waals surface area contributed by atoms with E-state index in [1.54, 1.807) is 5.56 Å². The van der Waals surface area contributed by atoms with Gasteiger partial charge in [0.25, 0.3) is 0 Å². The first kappa shape index (κ1) is 24.2. The lowest BCUT2D eigenvalue weighted by Crippen LogP contribution is -2.46. The van der Waals surface area contributed by atoms with E-state index in [4.69, 9.17) is 23.7 Å². The first-order valence-electron chi connectivity index (χ1n) is 14.3. The number of hydrogen-bond donors (Lipinski definition) is 0. The molecule has 0 N–H and O–H groups in total. The highest BCUT2D eigenvalue weighted by molar-refractivity contribution is 5.43. The summed E-state index contributed by atoms with van der Waals surface area (Å²) in [5.74, 6) is 3.44. The van der Waals surface area contributed by atoms with Gasteiger partial charge in [-0.1, -0.05) is 13.0 Å². The monoisotopic (exact) mass is 484 g/mol. The molecule has 194 valence electrons. The van der Waals surface area contributed by atoms with Crippen molar-refractivity contribution in [1.29, 1.82) is 0 Å². The SMILES string of the molecule is COC[C@H]1CC2C(CC[C@@]3(C)C2CC[C@@H]3OC2CCCCO2)c2ccc(OC3CCCCO3)cc21. The summed E-state index contributed by atoms with van der Waals surface area (Å²) in [6, 6.07) is 6.87. The van der Waals surface area contributed by atoms with E-state index in [2.05, 4.69) is 25.1 Å². The van der Waals surface area contributed by atoms with E-state index in [1.165, 1.54) is 56.9 Å². The van der Waals surface area contributed by atoms with Crippen molar-refractivity contribution in [3.8, 4) is 5.75 Å². The molecule has 0 bridgehead atoms. The van der Waals surface area contributed by atoms with Crippen molar-refractivity contribution in [2.45, 2.75) is 108 Å². The van der Waals surface area contributed by atoms with Gasteiger partial charge in [-0.25, -0.2) is 0 Å². The third kappa shape index (κ3) is 4.67. The van der Waals surface area contributed by atoms with Gasteiger partial charge in [-0.2, -0.15) is 0 Å². The molecule has 0 spiro atoms. The van der Waals surface area contributed by atoms with E-state index in [9.17, 15) is 0 Å². The van der Waals surface area contributed by atoms with Crippen LogP contribution >= 0.6 is 0 Å². The lowest BCUT2D eigenvalue weighted by atomic mass is 9.54. The first-order chi connectivity index (χ1) is 17.2. The first-order valence-corrected chi connectivity index (χ1v) is 14.3. The summed E-state index contributed by atoms with van der Waals surface area (Å²) in [5.41, 5.74) is 3.26. The van der Waals surface area contributed by atoms with Gasteiger partial charge in [0.2, 0.25) is 0 Å². The van der Waals surface area contributed by atoms with Crippen LogP contribution in [0.15, 0.2) is 18.2 Å². The second-order valence-corrected chi connectivity index (χ2v) is 12.0. The molecule has 4 fully saturated rings. The number of rotatable bonds is 6. The average molecular weight is 485 g/mol. The van der Waals surface area contributed by atoms with Crippen molar-refractivity contribution in [2.24, 2.45) is 17.3 Å². The molecule has 35 heavy (non-hydrogen) atoms. The molecule has 2 heterocycles. The number of methoxy groups -OCH3 is 1. The van der Waals surface area contributed by atoms with Gasteiger partial charge in [0.15, 0.2) is 12.6 Å². The smallest absolute Gasteiger partial charge is 0.199 e. The second kappa shape index (κ2) is 10.3. The minimum absolute atomic E-state index is 0.0157. The summed E-state index contributed by atoms with van der Waals surface area (Å²) in [7, 11) is 1.84. The number of fused-ring (bicyclic) bond motifs is 5. The Kier molecular flexibility index (Phi) is 7.14. The molecular weight excluding hydrogens is 440 g/mol. The Hall–Kier alpha value is -1.14. The lowest BCUT2D eigenvalue weighted by molar-refractivity contribution is -0.213. The summed E-state index contributed by atoms with van der Waals surface area (Å²) in [4.78, 5) is 0. The van der Waals surface area contributed by atoms with Crippen LogP contribution in [-0.2, 0) is 18.9 Å². The van der Waals surface area contributed by atoms with Gasteiger partial charge in [-0.05, 0) is 111 Å². The molecule has 3 aliphatic carbocycles. The molecule has 0 aromatic heterocycles. The molecule has 5 aliphatic rings. The van der Waals surface area contributed by atoms with Crippen LogP contribution in [0.2, 0.25) is 0 Å². The largest absolute Gasteiger partial charge is 0.465 e. The third-order valence-corrected chi connectivity index (χ3v) is 10.0. The molecule has 5 heteroatoms. The van der Waals surface area contributed by atoms with Crippen molar-refractivity contribution in [2.75, 3.05) is 26.9 Å². The van der Waals surface area contributed by atoms with Gasteiger partial charge in [0.1, 0.15) is 5.75 Å². The Morgan fingerprint density at radius 1 is 0.914 bits per heavy atom. The molecule has 0 amide bonds. The number of hydrogen-bond acceptors (Lipinski definition) is 5. The highest BCUT2D eigenvalue weighted by Gasteiger charge is 2.56. The summed E-state index contributed by atoms with van der Waals surface area (Å²) < 4.78 is 30.5. The van der Waals surface area contributed by atoms with E-state index < -0.39 is 0 Å². The molecule has 5 unspecified atom stereocenters. The number of ether oxygens (including phenoxy) is 5. The Morgan fingerprint density at radius 2 is 1.71 bits per heavy atom. The van der Waals surface area contributed by atoms with Gasteiger partial charge in [0, 0.05) is 26.1 Å². The van der Waals surface area contributed by atoms with Crippen LogP contribution in [0.4, 0.5) is 0 Å². The molecule has 5 nitrogen and oxygen atoms in total. The third-order valence-electron chi connectivity index (χ3n) is 10.0. The van der Waals surface area contributed by atoms with Crippen LogP contribution in [0.5, 0.6) is 5.75 Å². The fourth-order valence-electron chi connectivity index (χ4n) is 8.27. The highest BCUT2D eigenvalue weighted by atomic mass is 16.7. The van der Waals surface area contributed by atoms with Crippen LogP contribution in [-0.4, -0.2) is 45.6 Å². The van der Waals surface area contributed by atoms with Gasteiger partial charge in [0.05, 0.1) is 19.3 Å². The zero-order chi connectivity index (χ0) is 23.8. The predicted molar refractivity (Wildman–Crippen MR) is 135 cm³/mol. The molecule has 2 saturated carbocycles. The number of benzene rings is 1. The lowest BCUT2D eigenvalue weighted by Gasteiger charge is -2.52. The summed E-state index contributed by atoms with van der Waals surface area (Å²) in [6.45, 7) is 4.97. The molecule has 8 atom stereocenters. The minimum atomic E-state index is -0.0991. The summed E-state index contributed by atoms with van der Waals surface area (Å²) in [6.07, 6.45) is 13.2. The average Bonchev–Trinajstić information content (AvgIpc) is 3.22. The summed E-state index contributed by atoms with van der Waals surface area (Å²) in [5, 5.41) is 0. The van der Waals surface area contributed by atoms with Crippen LogP contribution in [0, 0.1) is 17.3 Å². The van der Waals surface area contributed by atoms with Crippen LogP contribution < -0.4 is 4.74 Å². The molecular formula is C30H44O5. The van der Waals surface area contributed by atoms with E-state index >= 15 is 0 Å². The van der Waals surface area contributed by atoms with Crippen LogP contribution in [0.25, 0.3) is 0 Å². The van der Waals surface area contributed by atoms with E-state index in [0.717, 1.165) is 44.8 Å². The normalized spacial score (nSPS) is 41.0. The van der Waals surface area contributed by atoms with Gasteiger partial charge < -0.3 is 23.7 Å². The Morgan fingerprint density at radius 3 is 2.46 bits per heavy atom. The molecule has 0 radical (unpaired) electrons. The maximum atomic E-state index is 6.66. The topological polar surface area (TPSA) is 46.2 Å². The Bertz CT molecular complexity index is 860. The molecule has 6 rings (SSSR count). The van der Waals surface area contributed by atoms with Crippen molar-refractivity contribution in [3.05, 3.63) is 29.3 Å². The fraction of sp³-hybridized carbons (Fsp3) is 0.800. The van der Waals surface area contributed by atoms with Crippen molar-refractivity contribution in [1.82, 2.24) is 0 Å². The highest BCUT2D eigenvalue weighted by Crippen LogP contribution is 2.63. The molecule has 2 saturated heterocycles. The van der Waals surface area contributed by atoms with Crippen molar-refractivity contribution >= 4 is 0 Å². The molecule has 1 aromatic carbocycles. The Labute approximate surface area is 211 Å². The maximum absolute atomic E-state index is 6.66. The van der Waals surface area contributed by atoms with E-state index in [0.29, 0.717) is 29.8 Å². The molecule has 1 aromatic rings. The van der Waals surface area contributed by atoms with Crippen molar-refractivity contribution < 1.29 is 23.7 Å². The maximum Gasteiger partial charge on any atom is 0.199 e. The van der Waals surface area contributed by atoms with Crippen LogP contribution in [0.3, 0.4) is 0 Å². The Balaban J connectivity index is 1.22. The van der Waals surface area contributed by atoms with Gasteiger partial charge in [-0.3, -0.25) is 0 Å². The van der Waals surface area contributed by atoms with Crippen LogP contribution in [0.1, 0.15) is 101 Å². The molecule has 2 aliphatic heterocycles. The fourth-order valence-corrected chi connectivity index (χ4v) is 8.27. The summed E-state index contributed by atoms with van der Waals surface area (Å²) >= 11 is 0. The minimum Gasteiger partial charge on any atom is -0.465 e. The zero-order valence-corrected chi connectivity index (χ0v) is 21.7. The second-order valence-electron chi connectivity index (χ2n) is 12.0. The predicted octanol–water partition coefficient (Wildman–Crippen LogP) is 6.55. The van der Waals surface area contributed by atoms with E-state index in [1.807, 2.05) is 7.11 Å². The standard InChI is InChI=1S/C30H44O5/c1-30-14-13-23-22-10-9-21(34-28-7-3-5-15-32-28)18-24(22)20(19-31-2)17-25(23)26(30)11-12-27(30)35-29-8-4-6-16-33-29/h9-10,18,20,23,25-29H,3-8,11-17,19H2,1-2H3/t20-,23?,25?,26?,27+,28?,29?,30+/m1/s1. The quantitative estimate of drug-likeness (QED) is 0.458. The van der Waals surface area contributed by atoms with Crippen molar-refractivity contribution in [3.63, 3.8) is 0 Å².